The summed E-state index contributed by atoms with van der Waals surface area (Å²) in [6.45, 7) is 2.79. The maximum Gasteiger partial charge on any atom is 0.294 e. The molecule has 1 amide bonds. The van der Waals surface area contributed by atoms with Gasteiger partial charge < -0.3 is 25.3 Å². The van der Waals surface area contributed by atoms with Crippen molar-refractivity contribution < 1.29 is 24.6 Å². The summed E-state index contributed by atoms with van der Waals surface area (Å²) in [4.78, 5) is 26.1. The number of benzene rings is 1. The van der Waals surface area contributed by atoms with E-state index in [1.165, 1.54) is 11.8 Å². The van der Waals surface area contributed by atoms with Crippen LogP contribution in [0.4, 0.5) is 0 Å². The first-order valence-corrected chi connectivity index (χ1v) is 9.66. The zero-order valence-electron chi connectivity index (χ0n) is 15.5. The number of thioether (sulfide) groups is 1. The molecule has 1 aromatic rings. The van der Waals surface area contributed by atoms with Gasteiger partial charge in [-0.25, -0.2) is 0 Å². The molecule has 10 nitrogen and oxygen atoms in total. The molecule has 11 heteroatoms. The number of nitriles is 1. The van der Waals surface area contributed by atoms with Crippen LogP contribution in [0.1, 0.15) is 12.5 Å². The lowest BCUT2D eigenvalue weighted by molar-refractivity contribution is -0.756. The lowest BCUT2D eigenvalue weighted by atomic mass is 10.2. The third-order valence-corrected chi connectivity index (χ3v) is 4.55. The molecule has 0 heterocycles. The molecule has 0 radical (unpaired) electrons. The summed E-state index contributed by atoms with van der Waals surface area (Å²) in [5, 5.41) is 33.4. The Labute approximate surface area is 167 Å². The zero-order valence-corrected chi connectivity index (χ0v) is 16.3. The third-order valence-electron chi connectivity index (χ3n) is 3.44. The SMILES string of the molecule is CC(SCCO[N+](=O)[O-])C(=O)NCCNCC(O)COc1ccccc1C#N. The largest absolute Gasteiger partial charge is 0.489 e. The Morgan fingerprint density at radius 1 is 1.43 bits per heavy atom. The first-order chi connectivity index (χ1) is 13.4. The van der Waals surface area contributed by atoms with Crippen molar-refractivity contribution in [2.75, 3.05) is 38.6 Å². The number of hydrogen-bond acceptors (Lipinski definition) is 9. The van der Waals surface area contributed by atoms with Gasteiger partial charge in [0.2, 0.25) is 5.91 Å². The summed E-state index contributed by atoms with van der Waals surface area (Å²) < 4.78 is 5.44. The molecular weight excluding hydrogens is 388 g/mol. The van der Waals surface area contributed by atoms with Crippen LogP contribution in [0.5, 0.6) is 5.75 Å². The number of aliphatic hydroxyl groups is 1. The molecule has 0 fully saturated rings. The van der Waals surface area contributed by atoms with E-state index in [0.29, 0.717) is 30.2 Å². The highest BCUT2D eigenvalue weighted by Crippen LogP contribution is 2.16. The van der Waals surface area contributed by atoms with E-state index < -0.39 is 11.2 Å². The average Bonchev–Trinajstić information content (AvgIpc) is 2.69. The van der Waals surface area contributed by atoms with Gasteiger partial charge in [0.25, 0.3) is 5.09 Å². The normalized spacial score (nSPS) is 12.5. The molecule has 0 aromatic heterocycles. The summed E-state index contributed by atoms with van der Waals surface area (Å²) in [6, 6.07) is 8.80. The van der Waals surface area contributed by atoms with Crippen LogP contribution in [0, 0.1) is 21.4 Å². The van der Waals surface area contributed by atoms with Gasteiger partial charge in [0.1, 0.15) is 31.1 Å². The Hall–Kier alpha value is -2.55. The molecule has 2 atom stereocenters. The Morgan fingerprint density at radius 2 is 2.18 bits per heavy atom. The quantitative estimate of drug-likeness (QED) is 0.223. The Kier molecular flexibility index (Phi) is 11.4. The standard InChI is InChI=1S/C17H24N4O6S/c1-13(28-9-8-27-21(24)25)17(23)20-7-6-19-11-15(22)12-26-16-5-3-2-4-14(16)10-18/h2-5,13,15,19,22H,6-9,11-12H2,1H3,(H,20,23). The molecule has 0 aliphatic rings. The topological polar surface area (TPSA) is 147 Å². The number of amides is 1. The first kappa shape index (κ1) is 23.5. The fourth-order valence-corrected chi connectivity index (χ4v) is 2.79. The predicted molar refractivity (Wildman–Crippen MR) is 103 cm³/mol. The van der Waals surface area contributed by atoms with Crippen molar-refractivity contribution in [2.45, 2.75) is 18.3 Å². The molecular formula is C17H24N4O6S. The van der Waals surface area contributed by atoms with Gasteiger partial charge >= 0.3 is 0 Å². The van der Waals surface area contributed by atoms with Crippen LogP contribution in [0.3, 0.4) is 0 Å². The maximum absolute atomic E-state index is 11.9. The first-order valence-electron chi connectivity index (χ1n) is 8.61. The molecule has 0 spiro atoms. The van der Waals surface area contributed by atoms with Crippen LogP contribution in [-0.4, -0.2) is 66.1 Å². The lowest BCUT2D eigenvalue weighted by Gasteiger charge is -2.15. The van der Waals surface area contributed by atoms with Gasteiger partial charge in [-0.1, -0.05) is 12.1 Å². The van der Waals surface area contributed by atoms with Crippen LogP contribution in [0.2, 0.25) is 0 Å². The van der Waals surface area contributed by atoms with E-state index in [0.717, 1.165) is 0 Å². The summed E-state index contributed by atoms with van der Waals surface area (Å²) >= 11 is 1.26. The van der Waals surface area contributed by atoms with Crippen molar-refractivity contribution in [1.29, 1.82) is 5.26 Å². The van der Waals surface area contributed by atoms with Gasteiger partial charge in [0, 0.05) is 25.4 Å². The van der Waals surface area contributed by atoms with Crippen molar-refractivity contribution in [3.05, 3.63) is 39.9 Å². The van der Waals surface area contributed by atoms with Crippen LogP contribution >= 0.6 is 11.8 Å². The van der Waals surface area contributed by atoms with Gasteiger partial charge in [-0.05, 0) is 19.1 Å². The van der Waals surface area contributed by atoms with Crippen molar-refractivity contribution in [3.63, 3.8) is 0 Å². The van der Waals surface area contributed by atoms with Gasteiger partial charge in [-0.2, -0.15) is 5.26 Å². The van der Waals surface area contributed by atoms with Gasteiger partial charge in [0.05, 0.1) is 10.8 Å². The van der Waals surface area contributed by atoms with Crippen LogP contribution in [0.15, 0.2) is 24.3 Å². The molecule has 0 aliphatic heterocycles. The smallest absolute Gasteiger partial charge is 0.294 e. The fraction of sp³-hybridized carbons (Fsp3) is 0.529. The number of nitrogens with zero attached hydrogens (tertiary/aromatic N) is 2. The highest BCUT2D eigenvalue weighted by Gasteiger charge is 2.13. The van der Waals surface area contributed by atoms with E-state index in [-0.39, 0.29) is 30.9 Å². The number of aliphatic hydroxyl groups excluding tert-OH is 1. The molecule has 0 aliphatic carbocycles. The second kappa shape index (κ2) is 13.6. The predicted octanol–water partition coefficient (Wildman–Crippen LogP) is 0.334. The molecule has 1 rings (SSSR count). The Bertz CT molecular complexity index is 669. The molecule has 28 heavy (non-hydrogen) atoms. The van der Waals surface area contributed by atoms with E-state index in [4.69, 9.17) is 10.00 Å². The molecule has 0 saturated carbocycles. The molecule has 3 N–H and O–H groups in total. The van der Waals surface area contributed by atoms with Crippen molar-refractivity contribution in [3.8, 4) is 11.8 Å². The molecule has 0 bridgehead atoms. The molecule has 2 unspecified atom stereocenters. The van der Waals surface area contributed by atoms with Gasteiger partial charge in [0.15, 0.2) is 0 Å². The number of ether oxygens (including phenoxy) is 1. The highest BCUT2D eigenvalue weighted by molar-refractivity contribution is 8.00. The van der Waals surface area contributed by atoms with Crippen molar-refractivity contribution in [2.24, 2.45) is 0 Å². The minimum absolute atomic E-state index is 0.0396. The van der Waals surface area contributed by atoms with E-state index in [1.807, 2.05) is 6.07 Å². The van der Waals surface area contributed by atoms with E-state index in [1.54, 1.807) is 31.2 Å². The number of rotatable bonds is 14. The number of nitrogens with one attached hydrogen (secondary N) is 2. The molecule has 154 valence electrons. The Balaban J connectivity index is 2.10. The summed E-state index contributed by atoms with van der Waals surface area (Å²) in [7, 11) is 0. The van der Waals surface area contributed by atoms with Crippen LogP contribution in [0.25, 0.3) is 0 Å². The maximum atomic E-state index is 11.9. The number of carbonyl (C=O) groups is 1. The number of carbonyl (C=O) groups excluding carboxylic acids is 1. The monoisotopic (exact) mass is 412 g/mol. The fourth-order valence-electron chi connectivity index (χ4n) is 2.03. The van der Waals surface area contributed by atoms with Crippen LogP contribution in [-0.2, 0) is 9.63 Å². The minimum atomic E-state index is -0.862. The third kappa shape index (κ3) is 9.96. The van der Waals surface area contributed by atoms with E-state index in [9.17, 15) is 20.0 Å². The van der Waals surface area contributed by atoms with Gasteiger partial charge in [-0.3, -0.25) is 4.79 Å². The van der Waals surface area contributed by atoms with Crippen LogP contribution < -0.4 is 15.4 Å². The second-order valence-corrected chi connectivity index (χ2v) is 7.09. The Morgan fingerprint density at radius 3 is 2.89 bits per heavy atom. The summed E-state index contributed by atoms with van der Waals surface area (Å²) in [5.74, 6) is 0.589. The van der Waals surface area contributed by atoms with Crippen molar-refractivity contribution >= 4 is 17.7 Å². The summed E-state index contributed by atoms with van der Waals surface area (Å²) in [5.41, 5.74) is 0.405. The number of para-hydroxylation sites is 1. The minimum Gasteiger partial charge on any atom is -0.489 e. The summed E-state index contributed by atoms with van der Waals surface area (Å²) in [6.07, 6.45) is -0.765. The van der Waals surface area contributed by atoms with Gasteiger partial charge in [-0.15, -0.1) is 21.9 Å². The van der Waals surface area contributed by atoms with E-state index >= 15 is 0 Å². The second-order valence-electron chi connectivity index (χ2n) is 5.64. The molecule has 1 aromatic carbocycles. The van der Waals surface area contributed by atoms with Crippen molar-refractivity contribution in [1.82, 2.24) is 10.6 Å². The highest BCUT2D eigenvalue weighted by atomic mass is 32.2. The lowest BCUT2D eigenvalue weighted by Crippen LogP contribution is -2.39. The van der Waals surface area contributed by atoms with E-state index in [2.05, 4.69) is 15.5 Å². The number of hydrogen-bond donors (Lipinski definition) is 3. The average molecular weight is 412 g/mol. The zero-order chi connectivity index (χ0) is 20.8. The molecule has 0 saturated heterocycles.